The van der Waals surface area contributed by atoms with E-state index in [0.717, 1.165) is 0 Å². The van der Waals surface area contributed by atoms with Crippen molar-refractivity contribution in [1.82, 2.24) is 0 Å². The normalized spacial score (nSPS) is 11.0. The number of carbonyl (C=O) groups is 2. The lowest BCUT2D eigenvalue weighted by Crippen LogP contribution is -2.19. The summed E-state index contributed by atoms with van der Waals surface area (Å²) in [6.07, 6.45) is -0.561. The van der Waals surface area contributed by atoms with Gasteiger partial charge in [0.25, 0.3) is 0 Å². The van der Waals surface area contributed by atoms with Crippen LogP contribution in [0.25, 0.3) is 21.9 Å². The second-order valence-electron chi connectivity index (χ2n) is 7.73. The van der Waals surface area contributed by atoms with Crippen LogP contribution in [0.1, 0.15) is 22.3 Å². The zero-order valence-corrected chi connectivity index (χ0v) is 18.6. The highest BCUT2D eigenvalue weighted by Gasteiger charge is 2.19. The minimum atomic E-state index is -0.714. The maximum atomic E-state index is 12.6. The number of aromatic hydroxyl groups is 1. The van der Waals surface area contributed by atoms with Crippen molar-refractivity contribution in [2.24, 2.45) is 0 Å². The number of carbonyl (C=O) groups excluding carboxylic acids is 2. The summed E-state index contributed by atoms with van der Waals surface area (Å²) >= 11 is 0. The van der Waals surface area contributed by atoms with Crippen LogP contribution < -0.4 is 16.0 Å². The molecule has 0 bridgehead atoms. The first kappa shape index (κ1) is 22.8. The van der Waals surface area contributed by atoms with E-state index >= 15 is 0 Å². The van der Waals surface area contributed by atoms with Crippen LogP contribution >= 0.6 is 0 Å². The highest BCUT2D eigenvalue weighted by molar-refractivity contribution is 5.86. The van der Waals surface area contributed by atoms with Crippen LogP contribution in [0, 0.1) is 13.8 Å². The number of ether oxygens (including phenoxy) is 2. The Morgan fingerprint density at radius 3 is 1.94 bits per heavy atom. The van der Waals surface area contributed by atoms with Crippen LogP contribution in [0.2, 0.25) is 0 Å². The number of aryl methyl sites for hydroxylation is 2. The van der Waals surface area contributed by atoms with Crippen molar-refractivity contribution in [1.29, 1.82) is 0 Å². The molecule has 2 aromatic carbocycles. The van der Waals surface area contributed by atoms with Crippen LogP contribution in [0.3, 0.4) is 0 Å². The Bertz CT molecular complexity index is 1570. The van der Waals surface area contributed by atoms with Crippen molar-refractivity contribution in [2.75, 3.05) is 7.11 Å². The second kappa shape index (κ2) is 8.86. The predicted octanol–water partition coefficient (Wildman–Crippen LogP) is 3.09. The summed E-state index contributed by atoms with van der Waals surface area (Å²) in [5, 5.41) is 10.7. The Morgan fingerprint density at radius 1 is 0.824 bits per heavy atom. The fourth-order valence-corrected chi connectivity index (χ4v) is 3.76. The number of fused-ring (bicyclic) bond motifs is 2. The summed E-state index contributed by atoms with van der Waals surface area (Å²) < 4.78 is 20.5. The van der Waals surface area contributed by atoms with E-state index in [1.807, 2.05) is 0 Å². The van der Waals surface area contributed by atoms with Crippen LogP contribution in [-0.4, -0.2) is 24.2 Å². The van der Waals surface area contributed by atoms with Gasteiger partial charge in [0.15, 0.2) is 0 Å². The van der Waals surface area contributed by atoms with E-state index < -0.39 is 23.2 Å². The Hall–Kier alpha value is -4.40. The van der Waals surface area contributed by atoms with Gasteiger partial charge in [0.2, 0.25) is 0 Å². The van der Waals surface area contributed by atoms with Crippen molar-refractivity contribution in [3.8, 4) is 11.5 Å². The largest absolute Gasteiger partial charge is 0.508 e. The highest BCUT2D eigenvalue weighted by Crippen LogP contribution is 2.26. The first-order valence-corrected chi connectivity index (χ1v) is 10.3. The molecular weight excluding hydrogens is 444 g/mol. The molecule has 0 aliphatic heterocycles. The zero-order valence-electron chi connectivity index (χ0n) is 18.6. The number of hydrogen-bond donors (Lipinski definition) is 1. The average Bonchev–Trinajstić information content (AvgIpc) is 2.78. The van der Waals surface area contributed by atoms with Gasteiger partial charge in [0, 0.05) is 22.9 Å². The minimum Gasteiger partial charge on any atom is -0.508 e. The molecule has 9 heteroatoms. The van der Waals surface area contributed by atoms with Gasteiger partial charge < -0.3 is 23.4 Å². The second-order valence-corrected chi connectivity index (χ2v) is 7.73. The van der Waals surface area contributed by atoms with Crippen molar-refractivity contribution in [3.05, 3.63) is 79.5 Å². The molecule has 174 valence electrons. The van der Waals surface area contributed by atoms with E-state index in [1.165, 1.54) is 31.4 Å². The highest BCUT2D eigenvalue weighted by atomic mass is 16.5. The lowest BCUT2D eigenvalue weighted by molar-refractivity contribution is -0.140. The van der Waals surface area contributed by atoms with Gasteiger partial charge in [-0.3, -0.25) is 9.59 Å². The molecule has 0 fully saturated rings. The first-order valence-electron chi connectivity index (χ1n) is 10.3. The molecular formula is C25H20O9. The maximum absolute atomic E-state index is 12.6. The molecule has 0 atom stereocenters. The third-order valence-electron chi connectivity index (χ3n) is 5.63. The van der Waals surface area contributed by atoms with Crippen LogP contribution in [-0.2, 0) is 27.2 Å². The van der Waals surface area contributed by atoms with Crippen molar-refractivity contribution < 1.29 is 33.0 Å². The quantitative estimate of drug-likeness (QED) is 0.269. The molecule has 0 unspecified atom stereocenters. The summed E-state index contributed by atoms with van der Waals surface area (Å²) in [7, 11) is 1.23. The molecule has 0 radical (unpaired) electrons. The average molecular weight is 464 g/mol. The van der Waals surface area contributed by atoms with Gasteiger partial charge in [0.1, 0.15) is 22.7 Å². The van der Waals surface area contributed by atoms with Crippen molar-refractivity contribution in [2.45, 2.75) is 26.7 Å². The summed E-state index contributed by atoms with van der Waals surface area (Å²) in [5.41, 5.74) is 0.440. The number of esters is 2. The van der Waals surface area contributed by atoms with Crippen LogP contribution in [0.4, 0.5) is 0 Å². The van der Waals surface area contributed by atoms with E-state index in [4.69, 9.17) is 13.6 Å². The molecule has 0 saturated heterocycles. The summed E-state index contributed by atoms with van der Waals surface area (Å²) in [6, 6.07) is 8.90. The molecule has 2 heterocycles. The number of rotatable bonds is 5. The monoisotopic (exact) mass is 464 g/mol. The molecule has 0 spiro atoms. The van der Waals surface area contributed by atoms with E-state index in [0.29, 0.717) is 21.9 Å². The van der Waals surface area contributed by atoms with E-state index in [1.54, 1.807) is 26.0 Å². The number of methoxy groups -OCH3 is 1. The minimum absolute atomic E-state index is 0.0437. The third kappa shape index (κ3) is 4.27. The molecule has 0 amide bonds. The Kier molecular flexibility index (Phi) is 5.93. The molecule has 2 aromatic heterocycles. The Labute approximate surface area is 192 Å². The van der Waals surface area contributed by atoms with Gasteiger partial charge in [-0.05, 0) is 49.2 Å². The molecule has 4 aromatic rings. The van der Waals surface area contributed by atoms with E-state index in [2.05, 4.69) is 4.74 Å². The number of benzene rings is 2. The molecule has 0 aliphatic rings. The van der Waals surface area contributed by atoms with Crippen molar-refractivity contribution in [3.63, 3.8) is 0 Å². The van der Waals surface area contributed by atoms with Gasteiger partial charge in [-0.25, -0.2) is 9.59 Å². The molecule has 9 nitrogen and oxygen atoms in total. The van der Waals surface area contributed by atoms with Crippen molar-refractivity contribution >= 4 is 33.9 Å². The molecule has 0 aliphatic carbocycles. The fourth-order valence-electron chi connectivity index (χ4n) is 3.76. The predicted molar refractivity (Wildman–Crippen MR) is 121 cm³/mol. The van der Waals surface area contributed by atoms with Crippen LogP contribution in [0.15, 0.2) is 54.8 Å². The molecule has 4 rings (SSSR count). The first-order chi connectivity index (χ1) is 16.2. The Morgan fingerprint density at radius 2 is 1.35 bits per heavy atom. The van der Waals surface area contributed by atoms with Crippen LogP contribution in [0.5, 0.6) is 11.5 Å². The third-order valence-corrected chi connectivity index (χ3v) is 5.63. The zero-order chi connectivity index (χ0) is 24.6. The smallest absolute Gasteiger partial charge is 0.340 e. The van der Waals surface area contributed by atoms with Gasteiger partial charge in [-0.2, -0.15) is 0 Å². The number of phenolic OH excluding ortho intramolecular Hbond substituents is 1. The lowest BCUT2D eigenvalue weighted by atomic mass is 10.0. The standard InChI is InChI=1S/C25H20O9/c1-12-16-6-4-14(26)8-20(16)33-25(30)19(12)11-23(28)32-15-5-7-17-13(2)18(10-22(27)31-3)24(29)34-21(17)9-15/h4-9,26H,10-11H2,1-3H3. The number of hydrogen-bond acceptors (Lipinski definition) is 9. The van der Waals surface area contributed by atoms with Gasteiger partial charge in [-0.15, -0.1) is 0 Å². The topological polar surface area (TPSA) is 133 Å². The van der Waals surface area contributed by atoms with E-state index in [-0.39, 0.29) is 46.6 Å². The van der Waals surface area contributed by atoms with Gasteiger partial charge in [0.05, 0.1) is 31.1 Å². The molecule has 0 saturated carbocycles. The Balaban J connectivity index is 1.61. The SMILES string of the molecule is COC(=O)Cc1c(C)c2ccc(OC(=O)Cc3c(C)c4ccc(O)cc4oc3=O)cc2oc1=O. The lowest BCUT2D eigenvalue weighted by Gasteiger charge is -2.10. The summed E-state index contributed by atoms with van der Waals surface area (Å²) in [4.78, 5) is 48.9. The maximum Gasteiger partial charge on any atom is 0.340 e. The number of phenols is 1. The summed E-state index contributed by atoms with van der Waals surface area (Å²) in [6.45, 7) is 3.36. The molecule has 34 heavy (non-hydrogen) atoms. The fraction of sp³-hybridized carbons (Fsp3) is 0.200. The molecule has 1 N–H and O–H groups in total. The van der Waals surface area contributed by atoms with Gasteiger partial charge >= 0.3 is 23.2 Å². The van der Waals surface area contributed by atoms with Gasteiger partial charge in [-0.1, -0.05) is 0 Å². The summed E-state index contributed by atoms with van der Waals surface area (Å²) in [5.74, 6) is -1.20. The van der Waals surface area contributed by atoms with E-state index in [9.17, 15) is 24.3 Å².